The third kappa shape index (κ3) is 3.49. The van der Waals surface area contributed by atoms with Gasteiger partial charge in [0.1, 0.15) is 5.56 Å². The lowest BCUT2D eigenvalue weighted by atomic mass is 10.1. The third-order valence-electron chi connectivity index (χ3n) is 2.04. The summed E-state index contributed by atoms with van der Waals surface area (Å²) in [4.78, 5) is 32.1. The van der Waals surface area contributed by atoms with Gasteiger partial charge in [0.25, 0.3) is 5.69 Å². The Morgan fingerprint density at radius 3 is 2.74 bits per heavy atom. The van der Waals surface area contributed by atoms with Crippen LogP contribution in [-0.2, 0) is 4.74 Å². The maximum absolute atomic E-state index is 11.6. The lowest BCUT2D eigenvalue weighted by molar-refractivity contribution is -0.385. The number of nitrogens with zero attached hydrogens (tertiary/aromatic N) is 2. The Morgan fingerprint density at radius 2 is 2.21 bits per heavy atom. The number of hydrogen-bond acceptors (Lipinski definition) is 6. The average Bonchev–Trinajstić information content (AvgIpc) is 2.37. The van der Waals surface area contributed by atoms with E-state index in [0.29, 0.717) is 0 Å². The molecule has 0 aliphatic carbocycles. The first kappa shape index (κ1) is 14.1. The molecule has 0 aliphatic rings. The van der Waals surface area contributed by atoms with Crippen LogP contribution in [0.2, 0.25) is 0 Å². The van der Waals surface area contributed by atoms with Crippen LogP contribution in [0.3, 0.4) is 0 Å². The number of hydrazone groups is 1. The van der Waals surface area contributed by atoms with E-state index >= 15 is 0 Å². The Bertz CT molecular complexity index is 555. The fourth-order valence-electron chi connectivity index (χ4n) is 1.31. The van der Waals surface area contributed by atoms with Crippen LogP contribution in [0, 0.1) is 10.1 Å². The van der Waals surface area contributed by atoms with Crippen molar-refractivity contribution in [3.63, 3.8) is 0 Å². The van der Waals surface area contributed by atoms with Crippen LogP contribution in [0.1, 0.15) is 15.9 Å². The van der Waals surface area contributed by atoms with E-state index in [2.05, 4.69) is 9.84 Å². The van der Waals surface area contributed by atoms with Crippen molar-refractivity contribution in [2.24, 2.45) is 10.8 Å². The van der Waals surface area contributed by atoms with Gasteiger partial charge >= 0.3 is 12.0 Å². The molecule has 9 heteroatoms. The van der Waals surface area contributed by atoms with Crippen molar-refractivity contribution < 1.29 is 19.2 Å². The molecule has 19 heavy (non-hydrogen) atoms. The van der Waals surface area contributed by atoms with Gasteiger partial charge in [-0.25, -0.2) is 15.0 Å². The highest BCUT2D eigenvalue weighted by Crippen LogP contribution is 2.22. The van der Waals surface area contributed by atoms with Crippen molar-refractivity contribution >= 4 is 23.9 Å². The molecule has 100 valence electrons. The van der Waals surface area contributed by atoms with Gasteiger partial charge in [-0.3, -0.25) is 10.1 Å². The number of rotatable bonds is 4. The van der Waals surface area contributed by atoms with Crippen molar-refractivity contribution in [3.05, 3.63) is 39.4 Å². The molecule has 3 N–H and O–H groups in total. The third-order valence-corrected chi connectivity index (χ3v) is 2.04. The summed E-state index contributed by atoms with van der Waals surface area (Å²) in [7, 11) is 1.10. The molecule has 0 unspecified atom stereocenters. The number of hydrogen-bond donors (Lipinski definition) is 2. The Hall–Kier alpha value is -2.97. The Labute approximate surface area is 107 Å². The number of carbonyl (C=O) groups is 2. The van der Waals surface area contributed by atoms with Crippen molar-refractivity contribution in [1.82, 2.24) is 5.43 Å². The van der Waals surface area contributed by atoms with Crippen molar-refractivity contribution in [2.75, 3.05) is 7.11 Å². The molecule has 0 saturated carbocycles. The number of methoxy groups -OCH3 is 1. The first-order valence-electron chi connectivity index (χ1n) is 4.91. The van der Waals surface area contributed by atoms with Crippen LogP contribution in [0.15, 0.2) is 23.3 Å². The van der Waals surface area contributed by atoms with Crippen molar-refractivity contribution in [1.29, 1.82) is 0 Å². The summed E-state index contributed by atoms with van der Waals surface area (Å²) in [6, 6.07) is 3.04. The maximum Gasteiger partial charge on any atom is 0.345 e. The van der Waals surface area contributed by atoms with Crippen LogP contribution in [0.25, 0.3) is 0 Å². The second-order valence-corrected chi connectivity index (χ2v) is 3.22. The zero-order chi connectivity index (χ0) is 14.4. The molecule has 2 amide bonds. The minimum Gasteiger partial charge on any atom is -0.465 e. The molecule has 1 rings (SSSR count). The number of nitro groups is 1. The zero-order valence-electron chi connectivity index (χ0n) is 9.82. The lowest BCUT2D eigenvalue weighted by Crippen LogP contribution is -2.24. The summed E-state index contributed by atoms with van der Waals surface area (Å²) in [6.07, 6.45) is 1.06. The number of primary amides is 1. The van der Waals surface area contributed by atoms with Gasteiger partial charge in [0, 0.05) is 11.6 Å². The SMILES string of the molecule is COC(=O)c1c(/C=N/NC(N)=O)cccc1[N+](=O)[O-]. The highest BCUT2D eigenvalue weighted by Gasteiger charge is 2.23. The van der Waals surface area contributed by atoms with Gasteiger partial charge in [0.2, 0.25) is 0 Å². The molecule has 0 radical (unpaired) electrons. The topological polar surface area (TPSA) is 137 Å². The van der Waals surface area contributed by atoms with E-state index in [-0.39, 0.29) is 11.1 Å². The van der Waals surface area contributed by atoms with Crippen LogP contribution >= 0.6 is 0 Å². The number of nitrogens with one attached hydrogen (secondary N) is 1. The number of amides is 2. The van der Waals surface area contributed by atoms with Gasteiger partial charge < -0.3 is 10.5 Å². The molecular weight excluding hydrogens is 256 g/mol. The van der Waals surface area contributed by atoms with E-state index in [0.717, 1.165) is 19.4 Å². The molecule has 0 saturated heterocycles. The lowest BCUT2D eigenvalue weighted by Gasteiger charge is -2.04. The number of esters is 1. The van der Waals surface area contributed by atoms with Gasteiger partial charge in [-0.2, -0.15) is 5.10 Å². The fraction of sp³-hybridized carbons (Fsp3) is 0.100. The van der Waals surface area contributed by atoms with Gasteiger partial charge in [-0.05, 0) is 0 Å². The standard InChI is InChI=1S/C10H10N4O5/c1-19-9(15)8-6(5-12-13-10(11)16)3-2-4-7(8)14(17)18/h2-5H,1H3,(H3,11,13,16)/b12-5+. The minimum absolute atomic E-state index is 0.120. The van der Waals surface area contributed by atoms with Crippen LogP contribution < -0.4 is 11.2 Å². The number of benzene rings is 1. The summed E-state index contributed by atoms with van der Waals surface area (Å²) in [5.74, 6) is -0.882. The van der Waals surface area contributed by atoms with Crippen molar-refractivity contribution in [3.8, 4) is 0 Å². The predicted molar refractivity (Wildman–Crippen MR) is 64.7 cm³/mol. The number of carbonyl (C=O) groups excluding carboxylic acids is 2. The second kappa shape index (κ2) is 6.10. The molecule has 0 aliphatic heterocycles. The zero-order valence-corrected chi connectivity index (χ0v) is 9.82. The van der Waals surface area contributed by atoms with Crippen LogP contribution in [0.5, 0.6) is 0 Å². The van der Waals surface area contributed by atoms with E-state index in [1.807, 2.05) is 5.43 Å². The second-order valence-electron chi connectivity index (χ2n) is 3.22. The van der Waals surface area contributed by atoms with Crippen LogP contribution in [-0.4, -0.2) is 30.2 Å². The monoisotopic (exact) mass is 266 g/mol. The first-order chi connectivity index (χ1) is 8.97. The quantitative estimate of drug-likeness (QED) is 0.351. The molecule has 1 aromatic rings. The predicted octanol–water partition coefficient (Wildman–Crippen LogP) is 0.384. The minimum atomic E-state index is -0.902. The van der Waals surface area contributed by atoms with Crippen LogP contribution in [0.4, 0.5) is 10.5 Å². The van der Waals surface area contributed by atoms with Gasteiger partial charge in [0.05, 0.1) is 18.2 Å². The van der Waals surface area contributed by atoms with E-state index < -0.39 is 22.6 Å². The van der Waals surface area contributed by atoms with Gasteiger partial charge in [-0.1, -0.05) is 12.1 Å². The summed E-state index contributed by atoms with van der Waals surface area (Å²) < 4.78 is 4.48. The maximum atomic E-state index is 11.6. The molecule has 0 aromatic heterocycles. The van der Waals surface area contributed by atoms with Gasteiger partial charge in [-0.15, -0.1) is 0 Å². The van der Waals surface area contributed by atoms with E-state index in [1.54, 1.807) is 0 Å². The van der Waals surface area contributed by atoms with Gasteiger partial charge in [0.15, 0.2) is 0 Å². The summed E-state index contributed by atoms with van der Waals surface area (Å²) in [5.41, 5.74) is 6.15. The molecule has 0 fully saturated rings. The van der Waals surface area contributed by atoms with Crippen molar-refractivity contribution in [2.45, 2.75) is 0 Å². The Morgan fingerprint density at radius 1 is 1.53 bits per heavy atom. The average molecular weight is 266 g/mol. The Kier molecular flexibility index (Phi) is 4.52. The highest BCUT2D eigenvalue weighted by molar-refractivity contribution is 6.03. The summed E-state index contributed by atoms with van der Waals surface area (Å²) in [5, 5.41) is 14.3. The van der Waals surface area contributed by atoms with E-state index in [9.17, 15) is 19.7 Å². The molecule has 1 aromatic carbocycles. The normalized spacial score (nSPS) is 10.2. The number of urea groups is 1. The molecule has 0 bridgehead atoms. The Balaban J connectivity index is 3.27. The summed E-state index contributed by atoms with van der Waals surface area (Å²) in [6.45, 7) is 0. The molecule has 0 atom stereocenters. The number of nitro benzene ring substituents is 1. The molecule has 0 heterocycles. The number of nitrogens with two attached hydrogens (primary N) is 1. The molecule has 9 nitrogen and oxygen atoms in total. The summed E-state index contributed by atoms with van der Waals surface area (Å²) >= 11 is 0. The van der Waals surface area contributed by atoms with E-state index in [1.165, 1.54) is 12.1 Å². The largest absolute Gasteiger partial charge is 0.465 e. The molecular formula is C10H10N4O5. The smallest absolute Gasteiger partial charge is 0.345 e. The number of ether oxygens (including phenoxy) is 1. The molecule has 0 spiro atoms. The fourth-order valence-corrected chi connectivity index (χ4v) is 1.31. The first-order valence-corrected chi connectivity index (χ1v) is 4.91. The van der Waals surface area contributed by atoms with E-state index in [4.69, 9.17) is 5.73 Å². The highest BCUT2D eigenvalue weighted by atomic mass is 16.6.